The van der Waals surface area contributed by atoms with E-state index in [1.54, 1.807) is 21.1 Å². The van der Waals surface area contributed by atoms with E-state index in [-0.39, 0.29) is 35.7 Å². The van der Waals surface area contributed by atoms with Crippen molar-refractivity contribution >= 4 is 34.9 Å². The van der Waals surface area contributed by atoms with E-state index in [0.717, 1.165) is 96.6 Å². The minimum absolute atomic E-state index is 0.133. The van der Waals surface area contributed by atoms with E-state index in [2.05, 4.69) is 51.9 Å². The summed E-state index contributed by atoms with van der Waals surface area (Å²) < 4.78 is 12.0. The molecule has 0 unspecified atom stereocenters. The Kier molecular flexibility index (Phi) is 9.34. The Hall–Kier alpha value is -3.88. The molecule has 9 heteroatoms. The van der Waals surface area contributed by atoms with Gasteiger partial charge in [-0.15, -0.1) is 0 Å². The number of hydrogen-bond acceptors (Lipinski definition) is 6. The largest absolute Gasteiger partial charge is 0.496 e. The first-order valence-corrected chi connectivity index (χ1v) is 18.8. The fourth-order valence-corrected chi connectivity index (χ4v) is 9.39. The van der Waals surface area contributed by atoms with E-state index in [1.165, 1.54) is 22.3 Å². The number of ketones is 1. The average molecular weight is 725 g/mol. The number of aryl methyl sites for hydroxylation is 2. The third-order valence-electron chi connectivity index (χ3n) is 11.5. The molecule has 4 aromatic carbocycles. The fourth-order valence-electron chi connectivity index (χ4n) is 8.72. The summed E-state index contributed by atoms with van der Waals surface area (Å²) in [6, 6.07) is 21.5. The number of methoxy groups -OCH3 is 2. The standard InChI is InChI=1S/C42H43Cl2N3O4/c1-23(48)28-21-47(22-28)35-14-11-25-17-27(19-37(51-3)40(25)35)31-7-5-9-33(42(31)44)32-8-4-6-30(41(32)43)26-16-24-10-13-34(39(24)36(18-26)50-2)45-20-29-12-15-38(49)46-29/h4-9,16-19,28-29,34-35,45H,10-15,20-22H2,1-3H3,(H,46,49)/t29-,34+,35+/m0/s1. The molecule has 7 nitrogen and oxygen atoms in total. The molecular weight excluding hydrogens is 681 g/mol. The van der Waals surface area contributed by atoms with E-state index in [0.29, 0.717) is 16.5 Å². The molecule has 1 amide bonds. The first kappa shape index (κ1) is 34.2. The maximum absolute atomic E-state index is 11.9. The van der Waals surface area contributed by atoms with E-state index in [9.17, 15) is 9.59 Å². The summed E-state index contributed by atoms with van der Waals surface area (Å²) >= 11 is 14.6. The number of hydrogen-bond donors (Lipinski definition) is 2. The molecular formula is C42H43Cl2N3O4. The minimum atomic E-state index is 0.133. The molecule has 8 rings (SSSR count). The van der Waals surface area contributed by atoms with Crippen molar-refractivity contribution in [1.82, 2.24) is 15.5 Å². The molecule has 2 aliphatic heterocycles. The highest BCUT2D eigenvalue weighted by Gasteiger charge is 2.40. The molecule has 0 aromatic heterocycles. The van der Waals surface area contributed by atoms with Crippen molar-refractivity contribution in [2.75, 3.05) is 33.9 Å². The van der Waals surface area contributed by atoms with Crippen LogP contribution in [0.1, 0.15) is 66.9 Å². The summed E-state index contributed by atoms with van der Waals surface area (Å²) in [6.07, 6.45) is 5.34. The van der Waals surface area contributed by atoms with E-state index in [4.69, 9.17) is 32.7 Å². The van der Waals surface area contributed by atoms with Crippen LogP contribution >= 0.6 is 23.2 Å². The van der Waals surface area contributed by atoms with Crippen LogP contribution in [0.15, 0.2) is 60.7 Å². The lowest BCUT2D eigenvalue weighted by molar-refractivity contribution is -0.127. The second-order valence-corrected chi connectivity index (χ2v) is 15.2. The molecule has 2 aliphatic carbocycles. The Labute approximate surface area is 309 Å². The van der Waals surface area contributed by atoms with Gasteiger partial charge in [-0.25, -0.2) is 0 Å². The third-order valence-corrected chi connectivity index (χ3v) is 12.3. The number of benzene rings is 4. The molecule has 2 N–H and O–H groups in total. The molecule has 2 heterocycles. The van der Waals surface area contributed by atoms with Gasteiger partial charge in [-0.3, -0.25) is 14.5 Å². The maximum atomic E-state index is 11.9. The highest BCUT2D eigenvalue weighted by molar-refractivity contribution is 6.39. The second-order valence-electron chi connectivity index (χ2n) is 14.5. The van der Waals surface area contributed by atoms with Gasteiger partial charge in [-0.2, -0.15) is 0 Å². The molecule has 0 saturated carbocycles. The summed E-state index contributed by atoms with van der Waals surface area (Å²) in [6.45, 7) is 4.07. The van der Waals surface area contributed by atoms with Gasteiger partial charge in [0.05, 0.1) is 24.3 Å². The van der Waals surface area contributed by atoms with Crippen molar-refractivity contribution in [2.45, 2.75) is 63.6 Å². The van der Waals surface area contributed by atoms with Crippen molar-refractivity contribution in [3.05, 3.63) is 93.0 Å². The topological polar surface area (TPSA) is 79.9 Å². The average Bonchev–Trinajstić information content (AvgIpc) is 3.84. The SMILES string of the molecule is COc1cc(-c2cccc(-c3cccc(-c4cc5c(c(OC)c4)[C@H](NC[C@@H]4CCC(=O)N4)CC5)c3Cl)c2Cl)cc2c1[C@H](N1CC(C(C)=O)C1)CC2. The molecule has 4 aliphatic rings. The van der Waals surface area contributed by atoms with Crippen molar-refractivity contribution in [1.29, 1.82) is 0 Å². The first-order valence-electron chi connectivity index (χ1n) is 18.0. The van der Waals surface area contributed by atoms with Crippen molar-refractivity contribution in [2.24, 2.45) is 5.92 Å². The summed E-state index contributed by atoms with van der Waals surface area (Å²) in [5, 5.41) is 8.01. The molecule has 51 heavy (non-hydrogen) atoms. The highest BCUT2D eigenvalue weighted by Crippen LogP contribution is 2.49. The van der Waals surface area contributed by atoms with Gasteiger partial charge in [0.1, 0.15) is 17.3 Å². The number of rotatable bonds is 10. The van der Waals surface area contributed by atoms with Crippen LogP contribution in [0.5, 0.6) is 11.5 Å². The molecule has 264 valence electrons. The zero-order chi connectivity index (χ0) is 35.4. The third kappa shape index (κ3) is 6.22. The first-order chi connectivity index (χ1) is 24.7. The smallest absolute Gasteiger partial charge is 0.220 e. The molecule has 2 saturated heterocycles. The Morgan fingerprint density at radius 3 is 1.94 bits per heavy atom. The van der Waals surface area contributed by atoms with Crippen molar-refractivity contribution < 1.29 is 19.1 Å². The molecule has 0 spiro atoms. The van der Waals surface area contributed by atoms with E-state index in [1.807, 2.05) is 24.3 Å². The summed E-state index contributed by atoms with van der Waals surface area (Å²) in [4.78, 5) is 26.0. The number of nitrogens with one attached hydrogen (secondary N) is 2. The maximum Gasteiger partial charge on any atom is 0.220 e. The minimum Gasteiger partial charge on any atom is -0.496 e. The second kappa shape index (κ2) is 13.9. The van der Waals surface area contributed by atoms with Gasteiger partial charge in [0.2, 0.25) is 5.91 Å². The Morgan fingerprint density at radius 1 is 0.804 bits per heavy atom. The van der Waals surface area contributed by atoms with Crippen LogP contribution in [0, 0.1) is 5.92 Å². The van der Waals surface area contributed by atoms with Gasteiger partial charge in [0.15, 0.2) is 0 Å². The highest BCUT2D eigenvalue weighted by atomic mass is 35.5. The molecule has 3 atom stereocenters. The van der Waals surface area contributed by atoms with Crippen LogP contribution in [0.4, 0.5) is 0 Å². The summed E-state index contributed by atoms with van der Waals surface area (Å²) in [5.41, 5.74) is 10.5. The monoisotopic (exact) mass is 723 g/mol. The van der Waals surface area contributed by atoms with Crippen molar-refractivity contribution in [3.8, 4) is 44.9 Å². The van der Waals surface area contributed by atoms with Crippen LogP contribution in [-0.4, -0.2) is 56.5 Å². The Bertz CT molecular complexity index is 2040. The van der Waals surface area contributed by atoms with Gasteiger partial charge < -0.3 is 20.1 Å². The van der Waals surface area contributed by atoms with Gasteiger partial charge in [0.25, 0.3) is 0 Å². The molecule has 0 radical (unpaired) electrons. The fraction of sp³-hybridized carbons (Fsp3) is 0.381. The number of carbonyl (C=O) groups excluding carboxylic acids is 2. The number of ether oxygens (including phenoxy) is 2. The molecule has 4 aromatic rings. The number of fused-ring (bicyclic) bond motifs is 2. The summed E-state index contributed by atoms with van der Waals surface area (Å²) in [5.74, 6) is 2.26. The number of halogens is 2. The number of likely N-dealkylation sites (tertiary alicyclic amines) is 1. The Balaban J connectivity index is 1.09. The van der Waals surface area contributed by atoms with Crippen LogP contribution < -0.4 is 20.1 Å². The molecule has 0 bridgehead atoms. The lowest BCUT2D eigenvalue weighted by atomic mass is 9.91. The number of carbonyl (C=O) groups is 2. The Morgan fingerprint density at radius 2 is 1.37 bits per heavy atom. The van der Waals surface area contributed by atoms with Gasteiger partial charge in [-0.05, 0) is 73.4 Å². The van der Waals surface area contributed by atoms with Gasteiger partial charge in [-0.1, -0.05) is 71.7 Å². The van der Waals surface area contributed by atoms with Crippen LogP contribution in [-0.2, 0) is 22.4 Å². The van der Waals surface area contributed by atoms with Crippen LogP contribution in [0.25, 0.3) is 33.4 Å². The molecule has 2 fully saturated rings. The zero-order valence-corrected chi connectivity index (χ0v) is 30.8. The van der Waals surface area contributed by atoms with Crippen LogP contribution in [0.3, 0.4) is 0 Å². The number of Topliss-reactive ketones (excluding diaryl/α,β-unsaturated/α-hetero) is 1. The predicted octanol–water partition coefficient (Wildman–Crippen LogP) is 8.38. The lowest BCUT2D eigenvalue weighted by Gasteiger charge is -2.42. The van der Waals surface area contributed by atoms with Gasteiger partial charge >= 0.3 is 0 Å². The predicted molar refractivity (Wildman–Crippen MR) is 203 cm³/mol. The lowest BCUT2D eigenvalue weighted by Crippen LogP contribution is -2.50. The van der Waals surface area contributed by atoms with Gasteiger partial charge in [0, 0.05) is 83.5 Å². The van der Waals surface area contributed by atoms with Crippen molar-refractivity contribution in [3.63, 3.8) is 0 Å². The van der Waals surface area contributed by atoms with E-state index < -0.39 is 0 Å². The quantitative estimate of drug-likeness (QED) is 0.171. The zero-order valence-electron chi connectivity index (χ0n) is 29.3. The van der Waals surface area contributed by atoms with E-state index >= 15 is 0 Å². The number of amides is 1. The number of nitrogens with zero attached hydrogens (tertiary/aromatic N) is 1. The van der Waals surface area contributed by atoms with Crippen LogP contribution in [0.2, 0.25) is 10.0 Å². The summed E-state index contributed by atoms with van der Waals surface area (Å²) in [7, 11) is 3.45. The normalized spacial score (nSPS) is 21.3.